The fourth-order valence-electron chi connectivity index (χ4n) is 2.20. The van der Waals surface area contributed by atoms with Crippen molar-refractivity contribution in [2.45, 2.75) is 6.18 Å². The van der Waals surface area contributed by atoms with Gasteiger partial charge < -0.3 is 5.32 Å². The van der Waals surface area contributed by atoms with Gasteiger partial charge in [-0.2, -0.15) is 18.3 Å². The maximum absolute atomic E-state index is 12.7. The Morgan fingerprint density at radius 1 is 1.28 bits per heavy atom. The van der Waals surface area contributed by atoms with Crippen LogP contribution in [-0.4, -0.2) is 20.7 Å². The molecule has 1 amide bonds. The Hall–Kier alpha value is -2.68. The Morgan fingerprint density at radius 3 is 2.56 bits per heavy atom. The van der Waals surface area contributed by atoms with Gasteiger partial charge in [-0.1, -0.05) is 6.58 Å². The maximum atomic E-state index is 12.7. The molecule has 0 bridgehead atoms. The Labute approximate surface area is 148 Å². The smallest absolute Gasteiger partial charge is 0.321 e. The van der Waals surface area contributed by atoms with E-state index in [1.165, 1.54) is 23.0 Å². The lowest BCUT2D eigenvalue weighted by molar-refractivity contribution is -0.137. The van der Waals surface area contributed by atoms with Crippen molar-refractivity contribution >= 4 is 38.6 Å². The predicted molar refractivity (Wildman–Crippen MR) is 90.4 cm³/mol. The average molecular weight is 411 g/mol. The molecule has 9 heteroatoms. The maximum Gasteiger partial charge on any atom is 0.416 e. The molecule has 25 heavy (non-hydrogen) atoms. The summed E-state index contributed by atoms with van der Waals surface area (Å²) in [7, 11) is 0. The number of benzene rings is 1. The van der Waals surface area contributed by atoms with Gasteiger partial charge in [-0.05, 0) is 52.3 Å². The lowest BCUT2D eigenvalue weighted by atomic mass is 10.2. The average Bonchev–Trinajstić information content (AvgIpc) is 2.90. The van der Waals surface area contributed by atoms with Crippen LogP contribution >= 0.6 is 15.9 Å². The Balaban J connectivity index is 2.03. The van der Waals surface area contributed by atoms with Gasteiger partial charge in [-0.25, -0.2) is 9.67 Å². The molecule has 0 radical (unpaired) electrons. The third kappa shape index (κ3) is 3.41. The first-order valence-electron chi connectivity index (χ1n) is 6.95. The van der Waals surface area contributed by atoms with Crippen LogP contribution in [0.5, 0.6) is 0 Å². The number of amides is 1. The predicted octanol–water partition coefficient (Wildman–Crippen LogP) is 4.33. The highest BCUT2D eigenvalue weighted by atomic mass is 79.9. The van der Waals surface area contributed by atoms with E-state index in [1.54, 1.807) is 6.07 Å². The van der Waals surface area contributed by atoms with E-state index in [2.05, 4.69) is 37.9 Å². The number of alkyl halides is 3. The Bertz CT molecular complexity index is 964. The summed E-state index contributed by atoms with van der Waals surface area (Å²) in [4.78, 5) is 15.6. The zero-order valence-electron chi connectivity index (χ0n) is 12.5. The van der Waals surface area contributed by atoms with Crippen molar-refractivity contribution in [3.05, 3.63) is 59.4 Å². The van der Waals surface area contributed by atoms with Gasteiger partial charge in [-0.15, -0.1) is 0 Å². The molecule has 0 aliphatic rings. The van der Waals surface area contributed by atoms with Crippen LogP contribution in [0, 0.1) is 0 Å². The van der Waals surface area contributed by atoms with Crippen molar-refractivity contribution in [1.29, 1.82) is 0 Å². The molecule has 0 atom stereocenters. The number of carbonyl (C=O) groups excluding carboxylic acids is 1. The van der Waals surface area contributed by atoms with E-state index in [-0.39, 0.29) is 5.91 Å². The standard InChI is InChI=1S/C16H10BrF3N4O/c1-2-13(25)22-10-7-12-14(17)23-24(15(12)21-8-10)11-5-3-9(4-6-11)16(18,19)20/h2-8H,1H2,(H,22,25). The van der Waals surface area contributed by atoms with Crippen molar-refractivity contribution in [2.24, 2.45) is 0 Å². The van der Waals surface area contributed by atoms with E-state index >= 15 is 0 Å². The van der Waals surface area contributed by atoms with Gasteiger partial charge in [0.2, 0.25) is 5.91 Å². The Kier molecular flexibility index (Phi) is 4.34. The highest BCUT2D eigenvalue weighted by molar-refractivity contribution is 9.10. The molecule has 0 saturated heterocycles. The monoisotopic (exact) mass is 410 g/mol. The fourth-order valence-corrected chi connectivity index (χ4v) is 2.65. The molecule has 0 fully saturated rings. The molecule has 3 aromatic rings. The highest BCUT2D eigenvalue weighted by Gasteiger charge is 2.30. The molecule has 5 nitrogen and oxygen atoms in total. The van der Waals surface area contributed by atoms with Gasteiger partial charge in [0.05, 0.1) is 28.5 Å². The molecular formula is C16H10BrF3N4O. The summed E-state index contributed by atoms with van der Waals surface area (Å²) in [6.07, 6.45) is -1.84. The van der Waals surface area contributed by atoms with Crippen molar-refractivity contribution in [2.75, 3.05) is 5.32 Å². The number of nitrogens with one attached hydrogen (secondary N) is 1. The summed E-state index contributed by atoms with van der Waals surface area (Å²) >= 11 is 3.29. The van der Waals surface area contributed by atoms with Crippen LogP contribution in [0.25, 0.3) is 16.7 Å². The van der Waals surface area contributed by atoms with Crippen LogP contribution in [0.4, 0.5) is 18.9 Å². The van der Waals surface area contributed by atoms with Crippen LogP contribution in [0.2, 0.25) is 0 Å². The zero-order valence-corrected chi connectivity index (χ0v) is 14.1. The van der Waals surface area contributed by atoms with Crippen molar-refractivity contribution in [1.82, 2.24) is 14.8 Å². The van der Waals surface area contributed by atoms with E-state index < -0.39 is 11.7 Å². The first-order chi connectivity index (χ1) is 11.8. The summed E-state index contributed by atoms with van der Waals surface area (Å²) < 4.78 is 39.9. The number of carbonyl (C=O) groups is 1. The number of hydrogen-bond donors (Lipinski definition) is 1. The topological polar surface area (TPSA) is 59.8 Å². The molecule has 128 valence electrons. The van der Waals surface area contributed by atoms with Gasteiger partial charge >= 0.3 is 6.18 Å². The summed E-state index contributed by atoms with van der Waals surface area (Å²) in [6, 6.07) is 6.25. The molecule has 1 N–H and O–H groups in total. The van der Waals surface area contributed by atoms with Crippen LogP contribution in [0.1, 0.15) is 5.56 Å². The molecule has 0 aliphatic heterocycles. The van der Waals surface area contributed by atoms with Crippen LogP contribution in [0.3, 0.4) is 0 Å². The van der Waals surface area contributed by atoms with Crippen LogP contribution in [-0.2, 0) is 11.0 Å². The lowest BCUT2D eigenvalue weighted by Gasteiger charge is -2.08. The zero-order chi connectivity index (χ0) is 18.2. The van der Waals surface area contributed by atoms with Gasteiger partial charge in [0.1, 0.15) is 4.60 Å². The number of nitrogens with zero attached hydrogens (tertiary/aromatic N) is 3. The molecular weight excluding hydrogens is 401 g/mol. The molecule has 1 aromatic carbocycles. The third-order valence-electron chi connectivity index (χ3n) is 3.37. The summed E-state index contributed by atoms with van der Waals surface area (Å²) in [6.45, 7) is 3.37. The normalized spacial score (nSPS) is 11.5. The van der Waals surface area contributed by atoms with Crippen LogP contribution in [0.15, 0.2) is 53.8 Å². The SMILES string of the molecule is C=CC(=O)Nc1cnc2c(c1)c(Br)nn2-c1ccc(C(F)(F)F)cc1. The molecule has 0 aliphatic carbocycles. The van der Waals surface area contributed by atoms with Crippen molar-refractivity contribution < 1.29 is 18.0 Å². The number of anilines is 1. The minimum Gasteiger partial charge on any atom is -0.321 e. The second kappa shape index (κ2) is 6.32. The lowest BCUT2D eigenvalue weighted by Crippen LogP contribution is -2.07. The summed E-state index contributed by atoms with van der Waals surface area (Å²) in [5.41, 5.74) is 0.571. The van der Waals surface area contributed by atoms with Gasteiger partial charge in [0, 0.05) is 0 Å². The second-order valence-electron chi connectivity index (χ2n) is 5.04. The van der Waals surface area contributed by atoms with E-state index in [4.69, 9.17) is 0 Å². The molecule has 2 aromatic heterocycles. The van der Waals surface area contributed by atoms with Gasteiger partial charge in [0.15, 0.2) is 5.65 Å². The summed E-state index contributed by atoms with van der Waals surface area (Å²) in [5.74, 6) is -0.382. The van der Waals surface area contributed by atoms with Gasteiger partial charge in [-0.3, -0.25) is 4.79 Å². The number of aromatic nitrogens is 3. The number of pyridine rings is 1. The number of halogens is 4. The third-order valence-corrected chi connectivity index (χ3v) is 3.96. The largest absolute Gasteiger partial charge is 0.416 e. The van der Waals surface area contributed by atoms with E-state index in [0.29, 0.717) is 27.0 Å². The summed E-state index contributed by atoms with van der Waals surface area (Å²) in [5, 5.41) is 7.43. The van der Waals surface area contributed by atoms with E-state index in [1.807, 2.05) is 0 Å². The van der Waals surface area contributed by atoms with Crippen molar-refractivity contribution in [3.63, 3.8) is 0 Å². The molecule has 2 heterocycles. The van der Waals surface area contributed by atoms with Gasteiger partial charge in [0.25, 0.3) is 0 Å². The molecule has 0 unspecified atom stereocenters. The first-order valence-corrected chi connectivity index (χ1v) is 7.74. The highest BCUT2D eigenvalue weighted by Crippen LogP contribution is 2.31. The molecule has 0 spiro atoms. The molecule has 0 saturated carbocycles. The number of hydrogen-bond acceptors (Lipinski definition) is 3. The number of fused-ring (bicyclic) bond motifs is 1. The first kappa shape index (κ1) is 17.2. The van der Waals surface area contributed by atoms with E-state index in [9.17, 15) is 18.0 Å². The quantitative estimate of drug-likeness (QED) is 0.653. The van der Waals surface area contributed by atoms with Crippen molar-refractivity contribution in [3.8, 4) is 5.69 Å². The minimum atomic E-state index is -4.40. The second-order valence-corrected chi connectivity index (χ2v) is 5.79. The fraction of sp³-hybridized carbons (Fsp3) is 0.0625. The van der Waals surface area contributed by atoms with E-state index in [0.717, 1.165) is 18.2 Å². The number of rotatable bonds is 3. The van der Waals surface area contributed by atoms with Crippen LogP contribution < -0.4 is 5.32 Å². The Morgan fingerprint density at radius 2 is 1.96 bits per heavy atom. The molecule has 3 rings (SSSR count). The minimum absolute atomic E-state index is 0.382.